The summed E-state index contributed by atoms with van der Waals surface area (Å²) in [5.74, 6) is 0. The van der Waals surface area contributed by atoms with Gasteiger partial charge in [0.2, 0.25) is 0 Å². The molecule has 0 radical (unpaired) electrons. The van der Waals surface area contributed by atoms with Crippen molar-refractivity contribution >= 4 is 6.03 Å². The van der Waals surface area contributed by atoms with Gasteiger partial charge in [0.05, 0.1) is 6.10 Å². The zero-order chi connectivity index (χ0) is 13.2. The van der Waals surface area contributed by atoms with E-state index in [1.165, 1.54) is 0 Å². The molecule has 2 atom stereocenters. The van der Waals surface area contributed by atoms with Gasteiger partial charge in [-0.1, -0.05) is 0 Å². The summed E-state index contributed by atoms with van der Waals surface area (Å²) in [5.41, 5.74) is 4.49. The molecule has 4 N–H and O–H groups in total. The molecule has 0 bridgehead atoms. The van der Waals surface area contributed by atoms with Gasteiger partial charge in [0, 0.05) is 38.7 Å². The van der Waals surface area contributed by atoms with Gasteiger partial charge in [-0.05, 0) is 19.8 Å². The van der Waals surface area contributed by atoms with Crippen molar-refractivity contribution < 1.29 is 14.6 Å². The summed E-state index contributed by atoms with van der Waals surface area (Å²) in [6.45, 7) is 4.47. The lowest BCUT2D eigenvalue weighted by atomic mass is 9.95. The quantitative estimate of drug-likeness (QED) is 0.645. The highest BCUT2D eigenvalue weighted by Gasteiger charge is 2.39. The van der Waals surface area contributed by atoms with Gasteiger partial charge in [-0.15, -0.1) is 0 Å². The van der Waals surface area contributed by atoms with Gasteiger partial charge in [0.1, 0.15) is 5.60 Å². The SMILES string of the molecule is CC1OCCC1(O)CNC1CCN(C(N)=O)CC1. The van der Waals surface area contributed by atoms with Gasteiger partial charge in [-0.2, -0.15) is 0 Å². The van der Waals surface area contributed by atoms with Crippen molar-refractivity contribution in [1.82, 2.24) is 10.2 Å². The smallest absolute Gasteiger partial charge is 0.314 e. The summed E-state index contributed by atoms with van der Waals surface area (Å²) in [6.07, 6.45) is 2.33. The first-order chi connectivity index (χ1) is 8.51. The van der Waals surface area contributed by atoms with Crippen molar-refractivity contribution in [2.24, 2.45) is 5.73 Å². The van der Waals surface area contributed by atoms with Crippen LogP contribution in [0.2, 0.25) is 0 Å². The number of nitrogens with zero attached hydrogens (tertiary/aromatic N) is 1. The lowest BCUT2D eigenvalue weighted by Gasteiger charge is -2.34. The number of nitrogens with two attached hydrogens (primary N) is 1. The van der Waals surface area contributed by atoms with E-state index in [0.717, 1.165) is 12.8 Å². The highest BCUT2D eigenvalue weighted by atomic mass is 16.5. The van der Waals surface area contributed by atoms with Crippen LogP contribution in [0.1, 0.15) is 26.2 Å². The lowest BCUT2D eigenvalue weighted by Crippen LogP contribution is -2.52. The predicted octanol–water partition coefficient (Wildman–Crippen LogP) is -0.341. The Morgan fingerprint density at radius 3 is 2.72 bits per heavy atom. The Morgan fingerprint density at radius 2 is 2.22 bits per heavy atom. The number of hydrogen-bond acceptors (Lipinski definition) is 4. The second kappa shape index (κ2) is 5.42. The molecule has 6 heteroatoms. The maximum atomic E-state index is 11.0. The van der Waals surface area contributed by atoms with Gasteiger partial charge in [-0.3, -0.25) is 0 Å². The van der Waals surface area contributed by atoms with Gasteiger partial charge >= 0.3 is 6.03 Å². The molecule has 0 spiro atoms. The van der Waals surface area contributed by atoms with Crippen LogP contribution in [0.5, 0.6) is 0 Å². The van der Waals surface area contributed by atoms with Crippen LogP contribution in [-0.2, 0) is 4.74 Å². The first-order valence-corrected chi connectivity index (χ1v) is 6.63. The summed E-state index contributed by atoms with van der Waals surface area (Å²) >= 11 is 0. The molecule has 104 valence electrons. The molecule has 0 aromatic heterocycles. The van der Waals surface area contributed by atoms with Gasteiger partial charge in [0.25, 0.3) is 0 Å². The normalized spacial score (nSPS) is 33.9. The Morgan fingerprint density at radius 1 is 1.56 bits per heavy atom. The van der Waals surface area contributed by atoms with Gasteiger partial charge in [-0.25, -0.2) is 4.79 Å². The number of urea groups is 1. The number of piperidine rings is 1. The highest BCUT2D eigenvalue weighted by molar-refractivity contribution is 5.72. The second-order valence-electron chi connectivity index (χ2n) is 5.35. The van der Waals surface area contributed by atoms with Crippen LogP contribution >= 0.6 is 0 Å². The van der Waals surface area contributed by atoms with Crippen molar-refractivity contribution in [3.05, 3.63) is 0 Å². The average molecular weight is 257 g/mol. The summed E-state index contributed by atoms with van der Waals surface area (Å²) in [6, 6.07) is 0.00215. The third kappa shape index (κ3) is 2.93. The van der Waals surface area contributed by atoms with E-state index in [9.17, 15) is 9.90 Å². The first kappa shape index (κ1) is 13.6. The zero-order valence-electron chi connectivity index (χ0n) is 10.9. The van der Waals surface area contributed by atoms with E-state index in [2.05, 4.69) is 5.32 Å². The topological polar surface area (TPSA) is 87.8 Å². The molecule has 2 amide bonds. The Labute approximate surface area is 107 Å². The molecular formula is C12H23N3O3. The molecule has 2 aliphatic rings. The molecule has 0 saturated carbocycles. The maximum absolute atomic E-state index is 11.0. The fraction of sp³-hybridized carbons (Fsp3) is 0.917. The largest absolute Gasteiger partial charge is 0.386 e. The van der Waals surface area contributed by atoms with E-state index in [0.29, 0.717) is 38.7 Å². The number of primary amides is 1. The van der Waals surface area contributed by atoms with Crippen molar-refractivity contribution in [2.75, 3.05) is 26.2 Å². The molecular weight excluding hydrogens is 234 g/mol. The van der Waals surface area contributed by atoms with E-state index < -0.39 is 5.60 Å². The molecule has 18 heavy (non-hydrogen) atoms. The maximum Gasteiger partial charge on any atom is 0.314 e. The van der Waals surface area contributed by atoms with Gasteiger partial charge in [0.15, 0.2) is 0 Å². The van der Waals surface area contributed by atoms with Crippen LogP contribution in [0, 0.1) is 0 Å². The van der Waals surface area contributed by atoms with Crippen LogP contribution in [0.25, 0.3) is 0 Å². The average Bonchev–Trinajstić information content (AvgIpc) is 2.68. The summed E-state index contributed by atoms with van der Waals surface area (Å²) in [4.78, 5) is 12.7. The molecule has 2 rings (SSSR count). The number of amides is 2. The Balaban J connectivity index is 1.74. The van der Waals surface area contributed by atoms with Gasteiger partial charge < -0.3 is 25.8 Å². The number of hydrogen-bond donors (Lipinski definition) is 3. The third-order valence-corrected chi connectivity index (χ3v) is 4.16. The highest BCUT2D eigenvalue weighted by Crippen LogP contribution is 2.25. The van der Waals surface area contributed by atoms with Crippen molar-refractivity contribution in [3.8, 4) is 0 Å². The third-order valence-electron chi connectivity index (χ3n) is 4.16. The monoisotopic (exact) mass is 257 g/mol. The number of nitrogens with one attached hydrogen (secondary N) is 1. The number of carbonyl (C=O) groups is 1. The van der Waals surface area contributed by atoms with E-state index in [4.69, 9.17) is 10.5 Å². The number of likely N-dealkylation sites (tertiary alicyclic amines) is 1. The van der Waals surface area contributed by atoms with Crippen molar-refractivity contribution in [3.63, 3.8) is 0 Å². The Bertz CT molecular complexity index is 305. The Hall–Kier alpha value is -0.850. The number of rotatable bonds is 3. The number of ether oxygens (including phenoxy) is 1. The fourth-order valence-corrected chi connectivity index (χ4v) is 2.63. The molecule has 2 unspecified atom stereocenters. The molecule has 0 aromatic rings. The molecule has 2 saturated heterocycles. The molecule has 0 aliphatic carbocycles. The van der Waals surface area contributed by atoms with Crippen LogP contribution in [0.3, 0.4) is 0 Å². The first-order valence-electron chi connectivity index (χ1n) is 6.63. The van der Waals surface area contributed by atoms with Crippen molar-refractivity contribution in [2.45, 2.75) is 43.9 Å². The van der Waals surface area contributed by atoms with Crippen LogP contribution in [0.4, 0.5) is 4.79 Å². The number of carbonyl (C=O) groups excluding carboxylic acids is 1. The minimum atomic E-state index is -0.749. The van der Waals surface area contributed by atoms with E-state index in [-0.39, 0.29) is 12.1 Å². The van der Waals surface area contributed by atoms with E-state index >= 15 is 0 Å². The van der Waals surface area contributed by atoms with Crippen LogP contribution < -0.4 is 11.1 Å². The minimum Gasteiger partial charge on any atom is -0.386 e. The minimum absolute atomic E-state index is 0.115. The molecule has 0 aromatic carbocycles. The molecule has 2 heterocycles. The van der Waals surface area contributed by atoms with Crippen LogP contribution in [0.15, 0.2) is 0 Å². The molecule has 6 nitrogen and oxygen atoms in total. The standard InChI is InChI=1S/C12H23N3O3/c1-9-12(17,4-7-18-9)8-14-10-2-5-15(6-3-10)11(13)16/h9-10,14,17H,2-8H2,1H3,(H2,13,16). The summed E-state index contributed by atoms with van der Waals surface area (Å²) < 4.78 is 5.40. The predicted molar refractivity (Wildman–Crippen MR) is 67.2 cm³/mol. The van der Waals surface area contributed by atoms with Crippen LogP contribution in [-0.4, -0.2) is 60.0 Å². The fourth-order valence-electron chi connectivity index (χ4n) is 2.63. The molecule has 2 aliphatic heterocycles. The zero-order valence-corrected chi connectivity index (χ0v) is 10.9. The Kier molecular flexibility index (Phi) is 4.09. The van der Waals surface area contributed by atoms with E-state index in [1.807, 2.05) is 6.92 Å². The summed E-state index contributed by atoms with van der Waals surface area (Å²) in [5, 5.41) is 13.7. The van der Waals surface area contributed by atoms with Crippen molar-refractivity contribution in [1.29, 1.82) is 0 Å². The summed E-state index contributed by atoms with van der Waals surface area (Å²) in [7, 11) is 0. The van der Waals surface area contributed by atoms with E-state index in [1.54, 1.807) is 4.90 Å². The second-order valence-corrected chi connectivity index (χ2v) is 5.35. The lowest BCUT2D eigenvalue weighted by molar-refractivity contribution is -0.0285. The molecule has 2 fully saturated rings. The number of aliphatic hydroxyl groups is 1.